The lowest BCUT2D eigenvalue weighted by atomic mass is 9.91. The first-order chi connectivity index (χ1) is 14.3. The molecule has 5 nitrogen and oxygen atoms in total. The molecule has 1 atom stereocenters. The third kappa shape index (κ3) is 5.85. The number of nitrogens with one attached hydrogen (secondary N) is 1. The van der Waals surface area contributed by atoms with Gasteiger partial charge in [-0.05, 0) is 24.5 Å². The molecule has 0 spiro atoms. The third-order valence-electron chi connectivity index (χ3n) is 5.38. The fourth-order valence-electron chi connectivity index (χ4n) is 3.70. The van der Waals surface area contributed by atoms with Crippen LogP contribution in [0.25, 0.3) is 0 Å². The van der Waals surface area contributed by atoms with Crippen molar-refractivity contribution >= 4 is 11.8 Å². The van der Waals surface area contributed by atoms with E-state index in [1.807, 2.05) is 80.3 Å². The number of rotatable bonds is 6. The van der Waals surface area contributed by atoms with Gasteiger partial charge < -0.3 is 15.0 Å². The monoisotopic (exact) mass is 408 g/mol. The van der Waals surface area contributed by atoms with Crippen LogP contribution in [0.2, 0.25) is 0 Å². The van der Waals surface area contributed by atoms with Crippen molar-refractivity contribution in [3.05, 3.63) is 65.7 Å². The second kappa shape index (κ2) is 9.79. The number of likely N-dealkylation sites (tertiary alicyclic amines) is 1. The Hall–Kier alpha value is -2.82. The van der Waals surface area contributed by atoms with E-state index < -0.39 is 5.41 Å². The van der Waals surface area contributed by atoms with Crippen molar-refractivity contribution < 1.29 is 14.3 Å². The van der Waals surface area contributed by atoms with E-state index in [4.69, 9.17) is 4.74 Å². The molecule has 0 aromatic heterocycles. The molecule has 0 bridgehead atoms. The Bertz CT molecular complexity index is 858. The van der Waals surface area contributed by atoms with E-state index in [1.165, 1.54) is 0 Å². The average molecular weight is 409 g/mol. The molecule has 2 amide bonds. The van der Waals surface area contributed by atoms with Gasteiger partial charge in [0.1, 0.15) is 12.4 Å². The summed E-state index contributed by atoms with van der Waals surface area (Å²) in [6, 6.07) is 17.8. The molecule has 0 saturated carbocycles. The molecule has 0 radical (unpaired) electrons. The maximum atomic E-state index is 12.8. The quantitative estimate of drug-likeness (QED) is 0.781. The molecular weight excluding hydrogens is 376 g/mol. The molecule has 1 aliphatic heterocycles. The van der Waals surface area contributed by atoms with Crippen LogP contribution in [-0.4, -0.2) is 29.8 Å². The van der Waals surface area contributed by atoms with Gasteiger partial charge in [-0.25, -0.2) is 0 Å². The molecule has 30 heavy (non-hydrogen) atoms. The topological polar surface area (TPSA) is 58.6 Å². The molecule has 1 aliphatic rings. The maximum absolute atomic E-state index is 12.8. The molecule has 5 heteroatoms. The van der Waals surface area contributed by atoms with Crippen LogP contribution in [0.15, 0.2) is 54.6 Å². The number of para-hydroxylation sites is 1. The maximum Gasteiger partial charge on any atom is 0.227 e. The van der Waals surface area contributed by atoms with Gasteiger partial charge in [-0.1, -0.05) is 69.3 Å². The summed E-state index contributed by atoms with van der Waals surface area (Å²) in [5.74, 6) is 0.719. The lowest BCUT2D eigenvalue weighted by Gasteiger charge is -2.35. The highest BCUT2D eigenvalue weighted by Gasteiger charge is 2.33. The van der Waals surface area contributed by atoms with Crippen LogP contribution in [0.3, 0.4) is 0 Å². The summed E-state index contributed by atoms with van der Waals surface area (Å²) < 4.78 is 5.98. The van der Waals surface area contributed by atoms with Crippen LogP contribution in [-0.2, 0) is 22.7 Å². The third-order valence-corrected chi connectivity index (χ3v) is 5.38. The number of piperidine rings is 1. The zero-order chi connectivity index (χ0) is 21.6. The van der Waals surface area contributed by atoms with Gasteiger partial charge in [0, 0.05) is 30.6 Å². The Morgan fingerprint density at radius 3 is 2.50 bits per heavy atom. The van der Waals surface area contributed by atoms with Crippen molar-refractivity contribution in [2.24, 2.45) is 11.3 Å². The Morgan fingerprint density at radius 1 is 1.07 bits per heavy atom. The molecule has 160 valence electrons. The Balaban J connectivity index is 1.56. The molecule has 3 rings (SSSR count). The zero-order valence-corrected chi connectivity index (χ0v) is 18.2. The molecule has 2 aromatic carbocycles. The zero-order valence-electron chi connectivity index (χ0n) is 18.2. The Labute approximate surface area is 179 Å². The van der Waals surface area contributed by atoms with E-state index in [1.54, 1.807) is 0 Å². The van der Waals surface area contributed by atoms with Gasteiger partial charge in [0.25, 0.3) is 0 Å². The number of hydrogen-bond acceptors (Lipinski definition) is 3. The summed E-state index contributed by atoms with van der Waals surface area (Å²) in [6.45, 7) is 7.89. The van der Waals surface area contributed by atoms with Gasteiger partial charge in [-0.15, -0.1) is 0 Å². The molecule has 1 fully saturated rings. The number of amides is 2. The minimum absolute atomic E-state index is 0.000674. The molecule has 1 N–H and O–H groups in total. The second-order valence-electron chi connectivity index (χ2n) is 8.94. The summed E-state index contributed by atoms with van der Waals surface area (Å²) in [5, 5.41) is 3.05. The minimum atomic E-state index is -0.423. The van der Waals surface area contributed by atoms with Gasteiger partial charge in [-0.3, -0.25) is 9.59 Å². The number of ether oxygens (including phenoxy) is 1. The van der Waals surface area contributed by atoms with Crippen molar-refractivity contribution in [1.29, 1.82) is 0 Å². The first-order valence-electron chi connectivity index (χ1n) is 10.7. The lowest BCUT2D eigenvalue weighted by Crippen LogP contribution is -2.48. The van der Waals surface area contributed by atoms with Gasteiger partial charge in [-0.2, -0.15) is 0 Å². The number of carbonyl (C=O) groups excluding carboxylic acids is 2. The largest absolute Gasteiger partial charge is 0.489 e. The van der Waals surface area contributed by atoms with Crippen LogP contribution in [0.1, 0.15) is 44.7 Å². The Morgan fingerprint density at radius 2 is 1.77 bits per heavy atom. The van der Waals surface area contributed by atoms with Crippen molar-refractivity contribution in [3.63, 3.8) is 0 Å². The standard InChI is InChI=1S/C25H32N2O3/c1-25(2,3)24(29)27-15-9-13-21(17-27)23(28)26-16-20-12-7-8-14-22(20)30-18-19-10-5-4-6-11-19/h4-8,10-12,14,21H,9,13,15-18H2,1-3H3,(H,26,28). The molecular formula is C25H32N2O3. The predicted molar refractivity (Wildman–Crippen MR) is 118 cm³/mol. The smallest absolute Gasteiger partial charge is 0.227 e. The molecule has 1 heterocycles. The van der Waals surface area contributed by atoms with Gasteiger partial charge in [0.2, 0.25) is 11.8 Å². The highest BCUT2D eigenvalue weighted by atomic mass is 16.5. The highest BCUT2D eigenvalue weighted by molar-refractivity contribution is 5.84. The van der Waals surface area contributed by atoms with E-state index in [2.05, 4.69) is 5.32 Å². The number of benzene rings is 2. The summed E-state index contributed by atoms with van der Waals surface area (Å²) >= 11 is 0. The fourth-order valence-corrected chi connectivity index (χ4v) is 3.70. The molecule has 2 aromatic rings. The molecule has 0 aliphatic carbocycles. The predicted octanol–water partition coefficient (Wildman–Crippen LogP) is 4.17. The van der Waals surface area contributed by atoms with Crippen molar-refractivity contribution in [2.45, 2.75) is 46.8 Å². The van der Waals surface area contributed by atoms with Crippen molar-refractivity contribution in [1.82, 2.24) is 10.2 Å². The fraction of sp³-hybridized carbons (Fsp3) is 0.440. The number of hydrogen-bond donors (Lipinski definition) is 1. The summed E-state index contributed by atoms with van der Waals surface area (Å²) in [6.07, 6.45) is 1.67. The average Bonchev–Trinajstić information content (AvgIpc) is 2.76. The summed E-state index contributed by atoms with van der Waals surface area (Å²) in [4.78, 5) is 27.2. The minimum Gasteiger partial charge on any atom is -0.489 e. The second-order valence-corrected chi connectivity index (χ2v) is 8.94. The van der Waals surface area contributed by atoms with Crippen LogP contribution in [0, 0.1) is 11.3 Å². The van der Waals surface area contributed by atoms with E-state index >= 15 is 0 Å². The lowest BCUT2D eigenvalue weighted by molar-refractivity contribution is -0.142. The van der Waals surface area contributed by atoms with E-state index in [-0.39, 0.29) is 17.7 Å². The van der Waals surface area contributed by atoms with E-state index in [0.717, 1.165) is 36.3 Å². The van der Waals surface area contributed by atoms with E-state index in [9.17, 15) is 9.59 Å². The highest BCUT2D eigenvalue weighted by Crippen LogP contribution is 2.24. The van der Waals surface area contributed by atoms with E-state index in [0.29, 0.717) is 19.7 Å². The first kappa shape index (κ1) is 21.9. The van der Waals surface area contributed by atoms with Crippen LogP contribution >= 0.6 is 0 Å². The summed E-state index contributed by atoms with van der Waals surface area (Å²) in [7, 11) is 0. The first-order valence-corrected chi connectivity index (χ1v) is 10.7. The van der Waals surface area contributed by atoms with Gasteiger partial charge in [0.15, 0.2) is 0 Å². The van der Waals surface area contributed by atoms with Crippen molar-refractivity contribution in [2.75, 3.05) is 13.1 Å². The van der Waals surface area contributed by atoms with Gasteiger partial charge >= 0.3 is 0 Å². The van der Waals surface area contributed by atoms with Crippen LogP contribution in [0.5, 0.6) is 5.75 Å². The van der Waals surface area contributed by atoms with Gasteiger partial charge in [0.05, 0.1) is 5.92 Å². The van der Waals surface area contributed by atoms with Crippen LogP contribution < -0.4 is 10.1 Å². The molecule has 1 unspecified atom stereocenters. The van der Waals surface area contributed by atoms with Crippen LogP contribution in [0.4, 0.5) is 0 Å². The summed E-state index contributed by atoms with van der Waals surface area (Å²) in [5.41, 5.74) is 1.62. The van der Waals surface area contributed by atoms with Crippen molar-refractivity contribution in [3.8, 4) is 5.75 Å². The number of nitrogens with zero attached hydrogens (tertiary/aromatic N) is 1. The number of carbonyl (C=O) groups is 2. The SMILES string of the molecule is CC(C)(C)C(=O)N1CCCC(C(=O)NCc2ccccc2OCc2ccccc2)C1. The molecule has 1 saturated heterocycles. The normalized spacial score (nSPS) is 16.8. The Kier molecular flexibility index (Phi) is 7.14.